The second-order valence-electron chi connectivity index (χ2n) is 5.04. The van der Waals surface area contributed by atoms with Crippen LogP contribution in [-0.2, 0) is 10.3 Å². The Kier molecular flexibility index (Phi) is 2.97. The Hall–Kier alpha value is -1.95. The predicted molar refractivity (Wildman–Crippen MR) is 72.5 cm³/mol. The lowest BCUT2D eigenvalue weighted by Crippen LogP contribution is -2.48. The average Bonchev–Trinajstić information content (AvgIpc) is 2.80. The van der Waals surface area contributed by atoms with Crippen molar-refractivity contribution >= 4 is 17.6 Å². The standard InChI is InChI=1S/C13H13ClN4O2/c1-8-4-2-5-9(10(8)14)11-15-16-17-18(11)13(12(19)20)6-3-7-13/h2,4-5H,3,6-7H2,1H3,(H,19,20). The molecule has 1 aromatic heterocycles. The molecule has 1 N–H and O–H groups in total. The van der Waals surface area contributed by atoms with E-state index in [1.54, 1.807) is 6.07 Å². The van der Waals surface area contributed by atoms with Crippen LogP contribution in [0, 0.1) is 6.92 Å². The fourth-order valence-corrected chi connectivity index (χ4v) is 2.70. The number of hydrogen-bond donors (Lipinski definition) is 1. The zero-order valence-electron chi connectivity index (χ0n) is 10.9. The van der Waals surface area contributed by atoms with Crippen molar-refractivity contribution in [1.29, 1.82) is 0 Å². The fraction of sp³-hybridized carbons (Fsp3) is 0.385. The van der Waals surface area contributed by atoms with Crippen molar-refractivity contribution in [3.8, 4) is 11.4 Å². The number of carboxylic acid groups (broad SMARTS) is 1. The Bertz CT molecular complexity index is 679. The van der Waals surface area contributed by atoms with E-state index in [0.29, 0.717) is 29.3 Å². The van der Waals surface area contributed by atoms with Crippen LogP contribution < -0.4 is 0 Å². The van der Waals surface area contributed by atoms with Gasteiger partial charge in [0.25, 0.3) is 0 Å². The van der Waals surface area contributed by atoms with Gasteiger partial charge >= 0.3 is 5.97 Å². The molecular formula is C13H13ClN4O2. The quantitative estimate of drug-likeness (QED) is 0.938. The van der Waals surface area contributed by atoms with E-state index in [0.717, 1.165) is 12.0 Å². The molecule has 0 amide bonds. The van der Waals surface area contributed by atoms with E-state index in [-0.39, 0.29) is 0 Å². The number of halogens is 1. The first-order chi connectivity index (χ1) is 9.56. The maximum absolute atomic E-state index is 11.6. The molecule has 0 spiro atoms. The summed E-state index contributed by atoms with van der Waals surface area (Å²) < 4.78 is 1.40. The SMILES string of the molecule is Cc1cccc(-c2nnnn2C2(C(=O)O)CCC2)c1Cl. The zero-order chi connectivity index (χ0) is 14.3. The van der Waals surface area contributed by atoms with Gasteiger partial charge in [-0.2, -0.15) is 0 Å². The number of benzene rings is 1. The van der Waals surface area contributed by atoms with E-state index in [1.165, 1.54) is 4.68 Å². The smallest absolute Gasteiger partial charge is 0.331 e. The van der Waals surface area contributed by atoms with Gasteiger partial charge in [0.05, 0.1) is 5.02 Å². The van der Waals surface area contributed by atoms with Crippen molar-refractivity contribution in [2.75, 3.05) is 0 Å². The molecule has 0 radical (unpaired) electrons. The zero-order valence-corrected chi connectivity index (χ0v) is 11.6. The van der Waals surface area contributed by atoms with E-state index in [2.05, 4.69) is 15.5 Å². The molecule has 0 unspecified atom stereocenters. The van der Waals surface area contributed by atoms with E-state index in [1.807, 2.05) is 19.1 Å². The van der Waals surface area contributed by atoms with E-state index in [4.69, 9.17) is 11.6 Å². The van der Waals surface area contributed by atoms with Crippen LogP contribution in [0.5, 0.6) is 0 Å². The van der Waals surface area contributed by atoms with Crippen LogP contribution in [0.1, 0.15) is 24.8 Å². The number of tetrazole rings is 1. The van der Waals surface area contributed by atoms with Gasteiger partial charge in [0.15, 0.2) is 11.4 Å². The summed E-state index contributed by atoms with van der Waals surface area (Å²) in [5, 5.41) is 21.6. The van der Waals surface area contributed by atoms with Crippen LogP contribution in [0.15, 0.2) is 18.2 Å². The third-order valence-corrected chi connectivity index (χ3v) is 4.39. The van der Waals surface area contributed by atoms with Gasteiger partial charge in [-0.3, -0.25) is 0 Å². The molecule has 1 aliphatic rings. The van der Waals surface area contributed by atoms with Gasteiger partial charge in [0.2, 0.25) is 0 Å². The third kappa shape index (κ3) is 1.71. The van der Waals surface area contributed by atoms with Gasteiger partial charge in [-0.1, -0.05) is 23.7 Å². The Labute approximate surface area is 120 Å². The molecule has 0 atom stereocenters. The van der Waals surface area contributed by atoms with Crippen LogP contribution in [0.3, 0.4) is 0 Å². The highest BCUT2D eigenvalue weighted by atomic mass is 35.5. The van der Waals surface area contributed by atoms with E-state index in [9.17, 15) is 9.90 Å². The summed E-state index contributed by atoms with van der Waals surface area (Å²) in [5.74, 6) is -0.498. The molecule has 104 valence electrons. The van der Waals surface area contributed by atoms with Crippen molar-refractivity contribution in [3.63, 3.8) is 0 Å². The summed E-state index contributed by atoms with van der Waals surface area (Å²) in [5.41, 5.74) is 0.521. The minimum absolute atomic E-state index is 0.404. The molecule has 20 heavy (non-hydrogen) atoms. The monoisotopic (exact) mass is 292 g/mol. The second kappa shape index (κ2) is 4.56. The number of rotatable bonds is 3. The number of nitrogens with zero attached hydrogens (tertiary/aromatic N) is 4. The predicted octanol–water partition coefficient (Wildman–Crippen LogP) is 2.27. The molecule has 7 heteroatoms. The van der Waals surface area contributed by atoms with Gasteiger partial charge in [-0.05, 0) is 48.2 Å². The molecule has 1 saturated carbocycles. The van der Waals surface area contributed by atoms with Crippen LogP contribution in [-0.4, -0.2) is 31.3 Å². The highest BCUT2D eigenvalue weighted by Gasteiger charge is 2.49. The first-order valence-electron chi connectivity index (χ1n) is 6.34. The molecule has 1 heterocycles. The molecule has 3 rings (SSSR count). The van der Waals surface area contributed by atoms with Crippen LogP contribution in [0.25, 0.3) is 11.4 Å². The van der Waals surface area contributed by atoms with Crippen LogP contribution >= 0.6 is 11.6 Å². The van der Waals surface area contributed by atoms with Crippen molar-refractivity contribution in [2.45, 2.75) is 31.7 Å². The fourth-order valence-electron chi connectivity index (χ4n) is 2.49. The normalized spacial score (nSPS) is 16.7. The highest BCUT2D eigenvalue weighted by molar-refractivity contribution is 6.33. The van der Waals surface area contributed by atoms with E-state index < -0.39 is 11.5 Å². The van der Waals surface area contributed by atoms with Gasteiger partial charge in [0, 0.05) is 5.56 Å². The minimum atomic E-state index is -1.04. The summed E-state index contributed by atoms with van der Waals surface area (Å²) in [6.07, 6.45) is 1.92. The van der Waals surface area contributed by atoms with Crippen LogP contribution in [0.4, 0.5) is 0 Å². The van der Waals surface area contributed by atoms with Gasteiger partial charge in [-0.25, -0.2) is 9.48 Å². The molecule has 6 nitrogen and oxygen atoms in total. The molecule has 1 aromatic carbocycles. The first kappa shape index (κ1) is 13.1. The first-order valence-corrected chi connectivity index (χ1v) is 6.72. The Morgan fingerprint density at radius 1 is 1.45 bits per heavy atom. The van der Waals surface area contributed by atoms with Crippen molar-refractivity contribution in [3.05, 3.63) is 28.8 Å². The summed E-state index contributed by atoms with van der Waals surface area (Å²) in [4.78, 5) is 11.6. The number of aliphatic carboxylic acids is 1. The second-order valence-corrected chi connectivity index (χ2v) is 5.42. The summed E-state index contributed by atoms with van der Waals surface area (Å²) in [6.45, 7) is 1.89. The largest absolute Gasteiger partial charge is 0.479 e. The van der Waals surface area contributed by atoms with Gasteiger partial charge < -0.3 is 5.11 Å². The molecule has 1 aliphatic carbocycles. The number of carbonyl (C=O) groups is 1. The van der Waals surface area contributed by atoms with Crippen LogP contribution in [0.2, 0.25) is 5.02 Å². The van der Waals surface area contributed by atoms with Crippen molar-refractivity contribution < 1.29 is 9.90 Å². The number of hydrogen-bond acceptors (Lipinski definition) is 4. The molecular weight excluding hydrogens is 280 g/mol. The molecule has 0 bridgehead atoms. The topological polar surface area (TPSA) is 80.9 Å². The van der Waals surface area contributed by atoms with Crippen molar-refractivity contribution in [1.82, 2.24) is 20.2 Å². The number of aromatic nitrogens is 4. The number of carboxylic acids is 1. The lowest BCUT2D eigenvalue weighted by atomic mass is 9.76. The maximum Gasteiger partial charge on any atom is 0.331 e. The summed E-state index contributed by atoms with van der Waals surface area (Å²) in [6, 6.07) is 5.53. The van der Waals surface area contributed by atoms with Gasteiger partial charge in [0.1, 0.15) is 0 Å². The third-order valence-electron chi connectivity index (χ3n) is 3.89. The van der Waals surface area contributed by atoms with Crippen molar-refractivity contribution in [2.24, 2.45) is 0 Å². The molecule has 0 saturated heterocycles. The maximum atomic E-state index is 11.6. The summed E-state index contributed by atoms with van der Waals surface area (Å²) >= 11 is 6.29. The molecule has 0 aliphatic heterocycles. The molecule has 2 aromatic rings. The Morgan fingerprint density at radius 2 is 2.20 bits per heavy atom. The lowest BCUT2D eigenvalue weighted by molar-refractivity contribution is -0.153. The summed E-state index contributed by atoms with van der Waals surface area (Å²) in [7, 11) is 0. The Morgan fingerprint density at radius 3 is 2.80 bits per heavy atom. The average molecular weight is 293 g/mol. The highest BCUT2D eigenvalue weighted by Crippen LogP contribution is 2.41. The number of aryl methyl sites for hydroxylation is 1. The Balaban J connectivity index is 2.16. The van der Waals surface area contributed by atoms with Gasteiger partial charge in [-0.15, -0.1) is 5.10 Å². The van der Waals surface area contributed by atoms with E-state index >= 15 is 0 Å². The lowest BCUT2D eigenvalue weighted by Gasteiger charge is -2.37. The minimum Gasteiger partial charge on any atom is -0.479 e. The molecule has 1 fully saturated rings.